The van der Waals surface area contributed by atoms with Crippen molar-refractivity contribution >= 4 is 5.84 Å². The Hall–Kier alpha value is -1.42. The van der Waals surface area contributed by atoms with Crippen LogP contribution < -0.4 is 5.73 Å². The Kier molecular flexibility index (Phi) is 5.28. The lowest BCUT2D eigenvalue weighted by molar-refractivity contribution is 0.218. The van der Waals surface area contributed by atoms with Crippen molar-refractivity contribution in [2.45, 2.75) is 39.8 Å². The molecule has 0 aliphatic carbocycles. The number of halogens is 1. The van der Waals surface area contributed by atoms with Crippen LogP contribution in [-0.4, -0.2) is 23.3 Å². The summed E-state index contributed by atoms with van der Waals surface area (Å²) < 4.78 is 13.2. The van der Waals surface area contributed by atoms with Gasteiger partial charge in [-0.25, -0.2) is 4.39 Å². The molecule has 1 rings (SSSR count). The Morgan fingerprint density at radius 1 is 1.44 bits per heavy atom. The van der Waals surface area contributed by atoms with Gasteiger partial charge >= 0.3 is 0 Å². The van der Waals surface area contributed by atoms with Crippen molar-refractivity contribution in [3.05, 3.63) is 35.1 Å². The molecule has 0 saturated carbocycles. The van der Waals surface area contributed by atoms with E-state index in [0.29, 0.717) is 19.0 Å². The average Bonchev–Trinajstić information content (AvgIpc) is 2.28. The Labute approximate surface area is 108 Å². The van der Waals surface area contributed by atoms with Gasteiger partial charge in [0.25, 0.3) is 0 Å². The predicted octanol–water partition coefficient (Wildman–Crippen LogP) is 2.67. The molecule has 18 heavy (non-hydrogen) atoms. The lowest BCUT2D eigenvalue weighted by atomic mass is 10.1. The molecule has 100 valence electrons. The van der Waals surface area contributed by atoms with E-state index >= 15 is 0 Å². The molecule has 0 unspecified atom stereocenters. The molecule has 4 heteroatoms. The highest BCUT2D eigenvalue weighted by molar-refractivity contribution is 5.76. The molecule has 0 heterocycles. The number of aryl methyl sites for hydroxylation is 1. The van der Waals surface area contributed by atoms with Crippen molar-refractivity contribution in [2.24, 2.45) is 5.73 Å². The predicted molar refractivity (Wildman–Crippen MR) is 73.2 cm³/mol. The van der Waals surface area contributed by atoms with Crippen LogP contribution in [0.4, 0.5) is 4.39 Å². The minimum Gasteiger partial charge on any atom is -0.388 e. The van der Waals surface area contributed by atoms with E-state index < -0.39 is 0 Å². The van der Waals surface area contributed by atoms with Gasteiger partial charge in [0.1, 0.15) is 5.82 Å². The lowest BCUT2D eigenvalue weighted by Crippen LogP contribution is -2.33. The van der Waals surface area contributed by atoms with Gasteiger partial charge in [-0.3, -0.25) is 10.3 Å². The number of amidine groups is 1. The topological polar surface area (TPSA) is 53.1 Å². The minimum atomic E-state index is -0.203. The third-order valence-electron chi connectivity index (χ3n) is 3.08. The molecule has 3 nitrogen and oxygen atoms in total. The number of hydrogen-bond acceptors (Lipinski definition) is 2. The zero-order valence-corrected chi connectivity index (χ0v) is 11.3. The molecule has 0 aliphatic heterocycles. The molecular weight excluding hydrogens is 229 g/mol. The van der Waals surface area contributed by atoms with Crippen molar-refractivity contribution in [3.8, 4) is 0 Å². The van der Waals surface area contributed by atoms with Crippen LogP contribution in [0.1, 0.15) is 31.4 Å². The third kappa shape index (κ3) is 4.45. The van der Waals surface area contributed by atoms with Crippen LogP contribution in [-0.2, 0) is 6.54 Å². The van der Waals surface area contributed by atoms with Gasteiger partial charge in [-0.15, -0.1) is 0 Å². The fraction of sp³-hybridized carbons (Fsp3) is 0.500. The van der Waals surface area contributed by atoms with Gasteiger partial charge in [-0.1, -0.05) is 6.07 Å². The molecule has 0 atom stereocenters. The second-order valence-corrected chi connectivity index (χ2v) is 4.91. The van der Waals surface area contributed by atoms with Crippen LogP contribution in [0.3, 0.4) is 0 Å². The first kappa shape index (κ1) is 14.6. The summed E-state index contributed by atoms with van der Waals surface area (Å²) in [4.78, 5) is 2.20. The average molecular weight is 251 g/mol. The molecular formula is C14H22FN3. The highest BCUT2D eigenvalue weighted by atomic mass is 19.1. The zero-order valence-electron chi connectivity index (χ0n) is 11.3. The molecule has 1 aromatic carbocycles. The van der Waals surface area contributed by atoms with Crippen LogP contribution in [0.25, 0.3) is 0 Å². The Morgan fingerprint density at radius 2 is 2.11 bits per heavy atom. The number of hydrogen-bond donors (Lipinski definition) is 2. The molecule has 0 radical (unpaired) electrons. The normalized spacial score (nSPS) is 11.2. The largest absolute Gasteiger partial charge is 0.388 e. The molecule has 0 aromatic heterocycles. The number of benzene rings is 1. The van der Waals surface area contributed by atoms with Crippen LogP contribution in [0.2, 0.25) is 0 Å². The van der Waals surface area contributed by atoms with Crippen LogP contribution in [0.5, 0.6) is 0 Å². The van der Waals surface area contributed by atoms with Gasteiger partial charge in [0.2, 0.25) is 0 Å². The maximum absolute atomic E-state index is 13.2. The Morgan fingerprint density at radius 3 is 2.67 bits per heavy atom. The molecule has 1 aromatic rings. The monoisotopic (exact) mass is 251 g/mol. The van der Waals surface area contributed by atoms with E-state index in [1.54, 1.807) is 12.1 Å². The zero-order chi connectivity index (χ0) is 13.7. The quantitative estimate of drug-likeness (QED) is 0.603. The summed E-state index contributed by atoms with van der Waals surface area (Å²) in [6.07, 6.45) is 0.548. The molecule has 0 aliphatic rings. The maximum Gasteiger partial charge on any atom is 0.123 e. The van der Waals surface area contributed by atoms with Gasteiger partial charge in [0.15, 0.2) is 0 Å². The van der Waals surface area contributed by atoms with Crippen LogP contribution >= 0.6 is 0 Å². The molecule has 0 saturated heterocycles. The van der Waals surface area contributed by atoms with Gasteiger partial charge < -0.3 is 5.73 Å². The van der Waals surface area contributed by atoms with Gasteiger partial charge in [0, 0.05) is 25.6 Å². The van der Waals surface area contributed by atoms with E-state index in [-0.39, 0.29) is 11.7 Å². The second kappa shape index (κ2) is 6.50. The van der Waals surface area contributed by atoms with E-state index in [4.69, 9.17) is 11.1 Å². The summed E-state index contributed by atoms with van der Waals surface area (Å²) in [5.41, 5.74) is 7.47. The first-order valence-electron chi connectivity index (χ1n) is 6.22. The van der Waals surface area contributed by atoms with E-state index in [0.717, 1.165) is 17.7 Å². The molecule has 0 spiro atoms. The molecule has 0 fully saturated rings. The number of nitrogens with one attached hydrogen (secondary N) is 1. The van der Waals surface area contributed by atoms with Crippen LogP contribution in [0, 0.1) is 18.2 Å². The maximum atomic E-state index is 13.2. The summed E-state index contributed by atoms with van der Waals surface area (Å²) in [6, 6.07) is 5.20. The summed E-state index contributed by atoms with van der Waals surface area (Å²) in [7, 11) is 0. The number of nitrogens with zero attached hydrogens (tertiary/aromatic N) is 1. The highest BCUT2D eigenvalue weighted by Gasteiger charge is 2.12. The second-order valence-electron chi connectivity index (χ2n) is 4.91. The summed E-state index contributed by atoms with van der Waals surface area (Å²) in [5, 5.41) is 7.28. The van der Waals surface area contributed by atoms with Crippen molar-refractivity contribution in [3.63, 3.8) is 0 Å². The SMILES string of the molecule is Cc1ccc(F)cc1CN(CCC(=N)N)C(C)C. The number of nitrogens with two attached hydrogens (primary N) is 1. The minimum absolute atomic E-state index is 0.191. The standard InChI is InChI=1S/C14H22FN3/c1-10(2)18(7-6-14(16)17)9-12-8-13(15)5-4-11(12)3/h4-5,8,10H,6-7,9H2,1-3H3,(H3,16,17). The van der Waals surface area contributed by atoms with Gasteiger partial charge in [0.05, 0.1) is 5.84 Å². The van der Waals surface area contributed by atoms with Crippen molar-refractivity contribution in [1.29, 1.82) is 5.41 Å². The van der Waals surface area contributed by atoms with Crippen molar-refractivity contribution in [2.75, 3.05) is 6.54 Å². The number of rotatable bonds is 6. The molecule has 0 bridgehead atoms. The molecule has 0 amide bonds. The smallest absolute Gasteiger partial charge is 0.123 e. The van der Waals surface area contributed by atoms with Gasteiger partial charge in [-0.05, 0) is 44.0 Å². The Balaban J connectivity index is 2.76. The van der Waals surface area contributed by atoms with E-state index in [1.807, 2.05) is 6.92 Å². The fourth-order valence-corrected chi connectivity index (χ4v) is 1.81. The first-order valence-corrected chi connectivity index (χ1v) is 6.22. The third-order valence-corrected chi connectivity index (χ3v) is 3.08. The van der Waals surface area contributed by atoms with Crippen LogP contribution in [0.15, 0.2) is 18.2 Å². The van der Waals surface area contributed by atoms with E-state index in [2.05, 4.69) is 18.7 Å². The fourth-order valence-electron chi connectivity index (χ4n) is 1.81. The lowest BCUT2D eigenvalue weighted by Gasteiger charge is -2.27. The van der Waals surface area contributed by atoms with E-state index in [9.17, 15) is 4.39 Å². The summed E-state index contributed by atoms with van der Waals surface area (Å²) in [5.74, 6) is -0.0116. The highest BCUT2D eigenvalue weighted by Crippen LogP contribution is 2.14. The van der Waals surface area contributed by atoms with Crippen molar-refractivity contribution < 1.29 is 4.39 Å². The summed E-state index contributed by atoms with van der Waals surface area (Å²) in [6.45, 7) is 7.58. The Bertz CT molecular complexity index is 416. The van der Waals surface area contributed by atoms with Gasteiger partial charge in [-0.2, -0.15) is 0 Å². The first-order chi connectivity index (χ1) is 8.40. The molecule has 3 N–H and O–H groups in total. The van der Waals surface area contributed by atoms with Crippen molar-refractivity contribution in [1.82, 2.24) is 4.90 Å². The van der Waals surface area contributed by atoms with E-state index in [1.165, 1.54) is 6.07 Å². The summed E-state index contributed by atoms with van der Waals surface area (Å²) >= 11 is 0.